The molecule has 1 aromatic rings. The van der Waals surface area contributed by atoms with Crippen molar-refractivity contribution in [3.63, 3.8) is 0 Å². The predicted molar refractivity (Wildman–Crippen MR) is 85.5 cm³/mol. The van der Waals surface area contributed by atoms with Crippen molar-refractivity contribution in [1.82, 2.24) is 0 Å². The van der Waals surface area contributed by atoms with Gasteiger partial charge in [0, 0.05) is 9.30 Å². The van der Waals surface area contributed by atoms with Crippen LogP contribution in [0, 0.1) is 5.92 Å². The lowest BCUT2D eigenvalue weighted by atomic mass is 9.81. The van der Waals surface area contributed by atoms with Crippen LogP contribution in [0.25, 0.3) is 0 Å². The maximum absolute atomic E-state index is 5.70. The van der Waals surface area contributed by atoms with Gasteiger partial charge in [-0.05, 0) is 50.3 Å². The molecule has 0 heterocycles. The van der Waals surface area contributed by atoms with Gasteiger partial charge in [-0.3, -0.25) is 0 Å². The molecule has 1 aliphatic rings. The van der Waals surface area contributed by atoms with E-state index >= 15 is 0 Å². The molecule has 1 unspecified atom stereocenters. The van der Waals surface area contributed by atoms with Crippen LogP contribution >= 0.6 is 31.9 Å². The van der Waals surface area contributed by atoms with E-state index < -0.39 is 0 Å². The average molecular weight is 392 g/mol. The molecule has 1 saturated carbocycles. The van der Waals surface area contributed by atoms with Crippen molar-refractivity contribution in [3.8, 4) is 11.5 Å². The van der Waals surface area contributed by atoms with Crippen molar-refractivity contribution in [2.75, 3.05) is 13.2 Å². The molecule has 1 aromatic carbocycles. The summed E-state index contributed by atoms with van der Waals surface area (Å²) in [6, 6.07) is 4.13. The zero-order valence-electron chi connectivity index (χ0n) is 11.4. The highest BCUT2D eigenvalue weighted by atomic mass is 79.9. The summed E-state index contributed by atoms with van der Waals surface area (Å²) < 4.78 is 12.4. The summed E-state index contributed by atoms with van der Waals surface area (Å²) in [5, 5.41) is 0. The highest BCUT2D eigenvalue weighted by Gasteiger charge is 2.28. The summed E-state index contributed by atoms with van der Waals surface area (Å²) in [7, 11) is 0. The van der Waals surface area contributed by atoms with Gasteiger partial charge in [0.25, 0.3) is 0 Å². The van der Waals surface area contributed by atoms with Crippen molar-refractivity contribution in [2.45, 2.75) is 37.9 Å². The van der Waals surface area contributed by atoms with Gasteiger partial charge in [0.15, 0.2) is 11.5 Å². The van der Waals surface area contributed by atoms with E-state index in [9.17, 15) is 0 Å². The highest BCUT2D eigenvalue weighted by molar-refractivity contribution is 9.11. The fraction of sp³-hybridized carbons (Fsp3) is 0.600. The number of halogens is 2. The first-order chi connectivity index (χ1) is 9.17. The Balaban J connectivity index is 2.29. The van der Waals surface area contributed by atoms with Crippen LogP contribution in [0.15, 0.2) is 16.6 Å². The zero-order valence-corrected chi connectivity index (χ0v) is 14.6. The maximum Gasteiger partial charge on any atom is 0.162 e. The van der Waals surface area contributed by atoms with Crippen molar-refractivity contribution >= 4 is 31.9 Å². The first-order valence-corrected chi connectivity index (χ1v) is 8.61. The number of alkyl halides is 1. The molecule has 0 saturated heterocycles. The lowest BCUT2D eigenvalue weighted by Crippen LogP contribution is -2.16. The first kappa shape index (κ1) is 15.2. The summed E-state index contributed by atoms with van der Waals surface area (Å²) in [5.74, 6) is 2.39. The molecule has 1 atom stereocenters. The number of hydrogen-bond donors (Lipinski definition) is 0. The van der Waals surface area contributed by atoms with E-state index in [1.165, 1.54) is 24.8 Å². The Morgan fingerprint density at radius 3 is 2.21 bits per heavy atom. The van der Waals surface area contributed by atoms with E-state index in [-0.39, 0.29) is 0 Å². The molecule has 0 aliphatic heterocycles. The second-order valence-electron chi connectivity index (χ2n) is 4.78. The third-order valence-electron chi connectivity index (χ3n) is 3.52. The predicted octanol–water partition coefficient (Wildman–Crippen LogP) is 5.48. The largest absolute Gasteiger partial charge is 0.490 e. The van der Waals surface area contributed by atoms with Gasteiger partial charge in [0.2, 0.25) is 0 Å². The van der Waals surface area contributed by atoms with Gasteiger partial charge in [-0.25, -0.2) is 0 Å². The highest BCUT2D eigenvalue weighted by Crippen LogP contribution is 2.47. The van der Waals surface area contributed by atoms with Gasteiger partial charge in [0.1, 0.15) is 0 Å². The Labute approximate surface area is 132 Å². The number of hydrogen-bond acceptors (Lipinski definition) is 2. The second-order valence-corrected chi connectivity index (χ2v) is 6.62. The van der Waals surface area contributed by atoms with Crippen LogP contribution in [-0.4, -0.2) is 13.2 Å². The van der Waals surface area contributed by atoms with Crippen molar-refractivity contribution in [2.24, 2.45) is 5.92 Å². The summed E-state index contributed by atoms with van der Waals surface area (Å²) in [5.41, 5.74) is 1.26. The van der Waals surface area contributed by atoms with Crippen molar-refractivity contribution in [3.05, 3.63) is 22.2 Å². The molecule has 2 rings (SSSR count). The summed E-state index contributed by atoms with van der Waals surface area (Å²) in [6.07, 6.45) is 3.96. The zero-order chi connectivity index (χ0) is 13.8. The monoisotopic (exact) mass is 390 g/mol. The van der Waals surface area contributed by atoms with E-state index in [4.69, 9.17) is 9.47 Å². The van der Waals surface area contributed by atoms with Crippen molar-refractivity contribution < 1.29 is 9.47 Å². The molecule has 0 radical (unpaired) electrons. The summed E-state index contributed by atoms with van der Waals surface area (Å²) >= 11 is 7.50. The minimum absolute atomic E-state index is 0.394. The quantitative estimate of drug-likeness (QED) is 0.597. The van der Waals surface area contributed by atoms with Gasteiger partial charge in [-0.15, -0.1) is 0 Å². The molecule has 0 bridgehead atoms. The van der Waals surface area contributed by atoms with Crippen LogP contribution in [0.5, 0.6) is 11.5 Å². The first-order valence-electron chi connectivity index (χ1n) is 6.90. The molecule has 106 valence electrons. The molecule has 0 spiro atoms. The normalized spacial score (nSPS) is 16.8. The number of benzene rings is 1. The second kappa shape index (κ2) is 6.98. The smallest absolute Gasteiger partial charge is 0.162 e. The minimum atomic E-state index is 0.394. The molecule has 4 heteroatoms. The van der Waals surface area contributed by atoms with E-state index in [2.05, 4.69) is 37.9 Å². The van der Waals surface area contributed by atoms with Gasteiger partial charge in [-0.1, -0.05) is 38.3 Å². The molecule has 0 amide bonds. The third-order valence-corrected chi connectivity index (χ3v) is 5.45. The van der Waals surface area contributed by atoms with Crippen LogP contribution in [0.3, 0.4) is 0 Å². The fourth-order valence-corrected chi connectivity index (χ4v) is 4.07. The molecule has 0 N–H and O–H groups in total. The van der Waals surface area contributed by atoms with Gasteiger partial charge in [-0.2, -0.15) is 0 Å². The lowest BCUT2D eigenvalue weighted by Gasteiger charge is -2.31. The minimum Gasteiger partial charge on any atom is -0.490 e. The molecule has 19 heavy (non-hydrogen) atoms. The molecule has 2 nitrogen and oxygen atoms in total. The number of ether oxygens (including phenoxy) is 2. The summed E-state index contributed by atoms with van der Waals surface area (Å²) in [6.45, 7) is 5.28. The molecule has 0 aromatic heterocycles. The van der Waals surface area contributed by atoms with Crippen LogP contribution in [-0.2, 0) is 0 Å². The third kappa shape index (κ3) is 3.46. The Morgan fingerprint density at radius 2 is 1.74 bits per heavy atom. The topological polar surface area (TPSA) is 18.5 Å². The van der Waals surface area contributed by atoms with Gasteiger partial charge in [0.05, 0.1) is 13.2 Å². The van der Waals surface area contributed by atoms with Crippen molar-refractivity contribution in [1.29, 1.82) is 0 Å². The standard InChI is InChI=1S/C15H20Br2O2/c1-3-18-13-8-11(15(17)10-6-5-7-10)12(16)9-14(13)19-4-2/h8-10,15H,3-7H2,1-2H3. The number of rotatable bonds is 6. The Morgan fingerprint density at radius 1 is 1.16 bits per heavy atom. The Hall–Kier alpha value is -0.220. The molecule has 1 fully saturated rings. The molecular weight excluding hydrogens is 372 g/mol. The summed E-state index contributed by atoms with van der Waals surface area (Å²) in [4.78, 5) is 0.394. The van der Waals surface area contributed by atoms with E-state index in [0.29, 0.717) is 18.0 Å². The lowest BCUT2D eigenvalue weighted by molar-refractivity contribution is 0.285. The fourth-order valence-electron chi connectivity index (χ4n) is 2.29. The van der Waals surface area contributed by atoms with E-state index in [0.717, 1.165) is 21.9 Å². The van der Waals surface area contributed by atoms with Gasteiger partial charge >= 0.3 is 0 Å². The maximum atomic E-state index is 5.70. The van der Waals surface area contributed by atoms with Crippen LogP contribution in [0.2, 0.25) is 0 Å². The van der Waals surface area contributed by atoms with Crippen LogP contribution < -0.4 is 9.47 Å². The Bertz CT molecular complexity index is 430. The Kier molecular flexibility index (Phi) is 5.58. The molecule has 1 aliphatic carbocycles. The molecular formula is C15H20Br2O2. The van der Waals surface area contributed by atoms with Gasteiger partial charge < -0.3 is 9.47 Å². The van der Waals surface area contributed by atoms with E-state index in [1.807, 2.05) is 19.9 Å². The van der Waals surface area contributed by atoms with Crippen LogP contribution in [0.4, 0.5) is 0 Å². The SMILES string of the molecule is CCOc1cc(Br)c(C(Br)C2CCC2)cc1OCC. The van der Waals surface area contributed by atoms with E-state index in [1.54, 1.807) is 0 Å². The van der Waals surface area contributed by atoms with Crippen LogP contribution in [0.1, 0.15) is 43.5 Å². The average Bonchev–Trinajstić information content (AvgIpc) is 2.30.